The topological polar surface area (TPSA) is 132 Å². The summed E-state index contributed by atoms with van der Waals surface area (Å²) in [6.45, 7) is 3.49. The van der Waals surface area contributed by atoms with Crippen molar-refractivity contribution in [2.45, 2.75) is 232 Å². The Morgan fingerprint density at radius 2 is 0.900 bits per heavy atom. The van der Waals surface area contributed by atoms with Crippen LogP contribution in [0.1, 0.15) is 219 Å². The van der Waals surface area contributed by atoms with Gasteiger partial charge < -0.3 is 24.6 Å². The van der Waals surface area contributed by atoms with Crippen LogP contribution in [0.3, 0.4) is 0 Å². The maximum absolute atomic E-state index is 12.7. The summed E-state index contributed by atoms with van der Waals surface area (Å²) in [5, 5.41) is 18.4. The number of hydrogen-bond acceptors (Lipinski definition) is 8. The van der Waals surface area contributed by atoms with Gasteiger partial charge in [-0.15, -0.1) is 0 Å². The molecule has 3 unspecified atom stereocenters. The van der Waals surface area contributed by atoms with Gasteiger partial charge in [0.2, 0.25) is 0 Å². The second kappa shape index (κ2) is 46.9. The molecule has 10 heteroatoms. The predicted octanol–water partition coefficient (Wildman–Crippen LogP) is 14.1. The summed E-state index contributed by atoms with van der Waals surface area (Å²) >= 11 is 0. The predicted molar refractivity (Wildman–Crippen MR) is 251 cm³/mol. The average molecular weight is 869 g/mol. The van der Waals surface area contributed by atoms with Crippen molar-refractivity contribution in [3.63, 3.8) is 0 Å². The van der Waals surface area contributed by atoms with E-state index in [4.69, 9.17) is 23.6 Å². The number of phosphoric ester groups is 1. The molecule has 0 fully saturated rings. The Kier molecular flexibility index (Phi) is 45.7. The van der Waals surface area contributed by atoms with Gasteiger partial charge in [0, 0.05) is 13.0 Å². The molecule has 9 nitrogen and oxygen atoms in total. The van der Waals surface area contributed by atoms with Crippen molar-refractivity contribution in [3.05, 3.63) is 48.6 Å². The van der Waals surface area contributed by atoms with Crippen molar-refractivity contribution in [3.8, 4) is 0 Å². The highest BCUT2D eigenvalue weighted by atomic mass is 31.2. The first-order valence-electron chi connectivity index (χ1n) is 24.6. The number of aliphatic hydroxyl groups is 2. The second-order valence-electron chi connectivity index (χ2n) is 16.5. The van der Waals surface area contributed by atoms with Crippen LogP contribution in [-0.2, 0) is 27.9 Å². The Labute approximate surface area is 368 Å². The highest BCUT2D eigenvalue weighted by molar-refractivity contribution is 7.47. The standard InChI is InChI=1S/C50H93O9P/c1-3-5-7-9-11-13-15-17-19-21-22-23-24-25-27-29-31-33-35-37-39-41-43-56-46-49(47-58-60(54,55)57-45-48(52)44-51)59-50(53)42-40-38-36-34-32-30-28-26-20-18-16-14-12-10-8-6-4-2/h12,14-15,17-18,20-22,48-49,51-52H,3-11,13,16,19,23-47H2,1-2H3,(H,54,55)/b14-12-,17-15-,20-18-,22-21-. The number of carbonyl (C=O) groups excluding carboxylic acids is 1. The van der Waals surface area contributed by atoms with E-state index in [1.807, 2.05) is 0 Å². The van der Waals surface area contributed by atoms with Gasteiger partial charge in [-0.3, -0.25) is 13.8 Å². The van der Waals surface area contributed by atoms with Crippen molar-refractivity contribution < 1.29 is 43.0 Å². The van der Waals surface area contributed by atoms with Crippen molar-refractivity contribution in [2.75, 3.05) is 33.0 Å². The van der Waals surface area contributed by atoms with Gasteiger partial charge in [-0.05, 0) is 77.0 Å². The van der Waals surface area contributed by atoms with E-state index in [1.54, 1.807) is 0 Å². The highest BCUT2D eigenvalue weighted by Crippen LogP contribution is 2.43. The fourth-order valence-electron chi connectivity index (χ4n) is 6.71. The lowest BCUT2D eigenvalue weighted by Crippen LogP contribution is -2.29. The number of carbonyl (C=O) groups is 1. The molecular formula is C50H93O9P. The molecule has 0 spiro atoms. The van der Waals surface area contributed by atoms with Crippen LogP contribution in [0.15, 0.2) is 48.6 Å². The highest BCUT2D eigenvalue weighted by Gasteiger charge is 2.26. The minimum absolute atomic E-state index is 0.0437. The number of hydrogen-bond donors (Lipinski definition) is 3. The zero-order valence-electron chi connectivity index (χ0n) is 38.7. The molecule has 3 N–H and O–H groups in total. The van der Waals surface area contributed by atoms with E-state index in [1.165, 1.54) is 135 Å². The molecule has 352 valence electrons. The van der Waals surface area contributed by atoms with Gasteiger partial charge in [0.1, 0.15) is 12.2 Å². The number of esters is 1. The number of unbranched alkanes of at least 4 members (excludes halogenated alkanes) is 25. The number of allylic oxidation sites excluding steroid dienone is 8. The zero-order chi connectivity index (χ0) is 43.9. The Balaban J connectivity index is 4.10. The molecule has 0 aromatic rings. The maximum Gasteiger partial charge on any atom is 0.472 e. The smallest absolute Gasteiger partial charge is 0.457 e. The van der Waals surface area contributed by atoms with Crippen LogP contribution in [0.25, 0.3) is 0 Å². The van der Waals surface area contributed by atoms with E-state index in [0.29, 0.717) is 6.61 Å². The first-order valence-corrected chi connectivity index (χ1v) is 26.1. The van der Waals surface area contributed by atoms with Gasteiger partial charge in [-0.2, -0.15) is 0 Å². The van der Waals surface area contributed by atoms with E-state index >= 15 is 0 Å². The fourth-order valence-corrected chi connectivity index (χ4v) is 7.50. The van der Waals surface area contributed by atoms with E-state index in [-0.39, 0.29) is 19.6 Å². The van der Waals surface area contributed by atoms with Crippen LogP contribution in [0, 0.1) is 0 Å². The van der Waals surface area contributed by atoms with Gasteiger partial charge in [0.05, 0.1) is 26.4 Å². The molecule has 0 aliphatic carbocycles. The average Bonchev–Trinajstić information content (AvgIpc) is 3.24. The Morgan fingerprint density at radius 3 is 1.37 bits per heavy atom. The lowest BCUT2D eigenvalue weighted by atomic mass is 10.1. The Bertz CT molecular complexity index is 1080. The molecule has 0 saturated carbocycles. The monoisotopic (exact) mass is 869 g/mol. The van der Waals surface area contributed by atoms with E-state index < -0.39 is 39.2 Å². The summed E-state index contributed by atoms with van der Waals surface area (Å²) in [5.41, 5.74) is 0. The maximum atomic E-state index is 12.7. The Hall–Kier alpha value is -1.58. The van der Waals surface area contributed by atoms with Crippen LogP contribution in [0.4, 0.5) is 0 Å². The van der Waals surface area contributed by atoms with Crippen LogP contribution < -0.4 is 0 Å². The third-order valence-corrected chi connectivity index (χ3v) is 11.4. The quantitative estimate of drug-likeness (QED) is 0.0237. The Morgan fingerprint density at radius 1 is 0.517 bits per heavy atom. The number of aliphatic hydroxyl groups excluding tert-OH is 2. The van der Waals surface area contributed by atoms with Crippen molar-refractivity contribution in [1.82, 2.24) is 0 Å². The van der Waals surface area contributed by atoms with Crippen LogP contribution in [0.5, 0.6) is 0 Å². The summed E-state index contributed by atoms with van der Waals surface area (Å²) in [4.78, 5) is 22.7. The summed E-state index contributed by atoms with van der Waals surface area (Å²) in [5.74, 6) is -0.391. The molecular weight excluding hydrogens is 776 g/mol. The van der Waals surface area contributed by atoms with Crippen molar-refractivity contribution >= 4 is 13.8 Å². The SMILES string of the molecule is CCCCC/C=C\C/C=C\CCCCCCCCCC(=O)OC(COCCCCCCCCCCCC/C=C\C/C=C\CCCCCCC)COP(=O)(O)OCC(O)CO. The second-order valence-corrected chi connectivity index (χ2v) is 17.9. The van der Waals surface area contributed by atoms with Gasteiger partial charge >= 0.3 is 13.8 Å². The molecule has 0 rings (SSSR count). The molecule has 0 aliphatic heterocycles. The zero-order valence-corrected chi connectivity index (χ0v) is 39.6. The van der Waals surface area contributed by atoms with Crippen LogP contribution in [-0.4, -0.2) is 66.3 Å². The number of rotatable bonds is 47. The lowest BCUT2D eigenvalue weighted by Gasteiger charge is -2.20. The molecule has 0 aromatic heterocycles. The van der Waals surface area contributed by atoms with Crippen molar-refractivity contribution in [2.24, 2.45) is 0 Å². The first kappa shape index (κ1) is 58.4. The van der Waals surface area contributed by atoms with Gasteiger partial charge in [-0.25, -0.2) is 4.57 Å². The molecule has 0 radical (unpaired) electrons. The first-order chi connectivity index (χ1) is 29.3. The molecule has 60 heavy (non-hydrogen) atoms. The largest absolute Gasteiger partial charge is 0.472 e. The molecule has 0 bridgehead atoms. The van der Waals surface area contributed by atoms with Gasteiger partial charge in [0.15, 0.2) is 0 Å². The van der Waals surface area contributed by atoms with Crippen LogP contribution >= 0.6 is 7.82 Å². The fraction of sp³-hybridized carbons (Fsp3) is 0.820. The van der Waals surface area contributed by atoms with Gasteiger partial charge in [-0.1, -0.05) is 184 Å². The molecule has 0 amide bonds. The van der Waals surface area contributed by atoms with Gasteiger partial charge in [0.25, 0.3) is 0 Å². The minimum atomic E-state index is -4.53. The van der Waals surface area contributed by atoms with E-state index in [2.05, 4.69) is 62.5 Å². The normalized spacial score (nSPS) is 14.3. The molecule has 0 heterocycles. The summed E-state index contributed by atoms with van der Waals surface area (Å²) in [6, 6.07) is 0. The minimum Gasteiger partial charge on any atom is -0.457 e. The number of ether oxygens (including phenoxy) is 2. The number of phosphoric acid groups is 1. The summed E-state index contributed by atoms with van der Waals surface area (Å²) in [6.07, 6.45) is 53.5. The summed E-state index contributed by atoms with van der Waals surface area (Å²) < 4.78 is 33.5. The van der Waals surface area contributed by atoms with E-state index in [9.17, 15) is 19.4 Å². The molecule has 3 atom stereocenters. The summed E-state index contributed by atoms with van der Waals surface area (Å²) in [7, 11) is -4.53. The van der Waals surface area contributed by atoms with Crippen LogP contribution in [0.2, 0.25) is 0 Å². The molecule has 0 aliphatic rings. The third-order valence-electron chi connectivity index (χ3n) is 10.5. The third kappa shape index (κ3) is 45.9. The van der Waals surface area contributed by atoms with E-state index in [0.717, 1.165) is 64.2 Å². The lowest BCUT2D eigenvalue weighted by molar-refractivity contribution is -0.154. The van der Waals surface area contributed by atoms with Crippen molar-refractivity contribution in [1.29, 1.82) is 0 Å². The molecule has 0 aromatic carbocycles. The molecule has 0 saturated heterocycles.